The number of amides is 4. The van der Waals surface area contributed by atoms with Gasteiger partial charge in [0.1, 0.15) is 18.6 Å². The predicted octanol–water partition coefficient (Wildman–Crippen LogP) is -2.07. The minimum Gasteiger partial charge on any atom is -0.480 e. The molecule has 0 aromatic carbocycles. The van der Waals surface area contributed by atoms with Crippen molar-refractivity contribution in [2.75, 3.05) is 25.1 Å². The van der Waals surface area contributed by atoms with Crippen molar-refractivity contribution in [2.24, 2.45) is 5.73 Å². The van der Waals surface area contributed by atoms with Crippen LogP contribution >= 0.6 is 11.8 Å². The van der Waals surface area contributed by atoms with Gasteiger partial charge in [-0.3, -0.25) is 24.0 Å². The zero-order valence-electron chi connectivity index (χ0n) is 16.4. The highest BCUT2D eigenvalue weighted by Crippen LogP contribution is 2.08. The van der Waals surface area contributed by atoms with E-state index in [4.69, 9.17) is 10.8 Å². The molecule has 11 nitrogen and oxygen atoms in total. The molecule has 0 aromatic heterocycles. The summed E-state index contributed by atoms with van der Waals surface area (Å²) in [6, 6.07) is -2.42. The maximum Gasteiger partial charge on any atom is 0.322 e. The predicted molar refractivity (Wildman–Crippen MR) is 107 cm³/mol. The summed E-state index contributed by atoms with van der Waals surface area (Å²) in [5.74, 6) is -2.89. The minimum absolute atomic E-state index is 0.00831. The van der Waals surface area contributed by atoms with Gasteiger partial charge in [0.15, 0.2) is 0 Å². The number of nitrogens with one attached hydrogen (secondary N) is 4. The highest BCUT2D eigenvalue weighted by atomic mass is 32.2. The first kappa shape index (κ1) is 24.7. The molecule has 7 N–H and O–H groups in total. The number of rotatable bonds is 13. The standard InChI is InChI=1S/C17H29N5O6S/c1-29-8-6-12(15(26)20-9-14(24)25)22-17(28)11(4-5-13(18)23)21-16(27)10-3-2-7-19-10/h10-12,19H,2-9H2,1H3,(H2,18,23)(H,20,26)(H,21,27)(H,22,28)(H,24,25). The van der Waals surface area contributed by atoms with Crippen LogP contribution in [0.5, 0.6) is 0 Å². The quantitative estimate of drug-likeness (QED) is 0.192. The van der Waals surface area contributed by atoms with Crippen molar-refractivity contribution >= 4 is 41.4 Å². The summed E-state index contributed by atoms with van der Waals surface area (Å²) in [6.45, 7) is 0.135. The van der Waals surface area contributed by atoms with E-state index in [-0.39, 0.29) is 25.2 Å². The number of carbonyl (C=O) groups excluding carboxylic acids is 4. The molecule has 0 saturated carbocycles. The summed E-state index contributed by atoms with van der Waals surface area (Å²) in [7, 11) is 0. The Morgan fingerprint density at radius 2 is 1.83 bits per heavy atom. The van der Waals surface area contributed by atoms with Crippen LogP contribution in [0.1, 0.15) is 32.1 Å². The number of thioether (sulfide) groups is 1. The molecule has 3 atom stereocenters. The SMILES string of the molecule is CSCCC(NC(=O)C(CCC(N)=O)NC(=O)C1CCCN1)C(=O)NCC(=O)O. The fourth-order valence-corrected chi connectivity index (χ4v) is 3.27. The van der Waals surface area contributed by atoms with Gasteiger partial charge in [0, 0.05) is 6.42 Å². The zero-order valence-corrected chi connectivity index (χ0v) is 17.2. The molecule has 1 fully saturated rings. The van der Waals surface area contributed by atoms with E-state index in [0.717, 1.165) is 6.42 Å². The minimum atomic E-state index is -1.20. The third kappa shape index (κ3) is 9.61. The fourth-order valence-electron chi connectivity index (χ4n) is 2.80. The number of nitrogens with two attached hydrogens (primary N) is 1. The monoisotopic (exact) mass is 431 g/mol. The van der Waals surface area contributed by atoms with Crippen molar-refractivity contribution in [3.8, 4) is 0 Å². The number of carboxylic acid groups (broad SMARTS) is 1. The Labute approximate surface area is 173 Å². The van der Waals surface area contributed by atoms with Crippen molar-refractivity contribution < 1.29 is 29.1 Å². The second-order valence-electron chi connectivity index (χ2n) is 6.67. The molecule has 0 aliphatic carbocycles. The normalized spacial score (nSPS) is 17.8. The van der Waals surface area contributed by atoms with E-state index in [1.165, 1.54) is 11.8 Å². The van der Waals surface area contributed by atoms with E-state index in [0.29, 0.717) is 18.7 Å². The number of carbonyl (C=O) groups is 5. The van der Waals surface area contributed by atoms with Gasteiger partial charge in [0.25, 0.3) is 0 Å². The Bertz CT molecular complexity index is 611. The van der Waals surface area contributed by atoms with Gasteiger partial charge in [0.05, 0.1) is 6.04 Å². The highest BCUT2D eigenvalue weighted by Gasteiger charge is 2.30. The summed E-state index contributed by atoms with van der Waals surface area (Å²) < 4.78 is 0. The second kappa shape index (κ2) is 13.0. The molecule has 164 valence electrons. The van der Waals surface area contributed by atoms with Crippen molar-refractivity contribution in [1.82, 2.24) is 21.3 Å². The molecule has 1 heterocycles. The number of hydrogen-bond donors (Lipinski definition) is 6. The summed E-state index contributed by atoms with van der Waals surface area (Å²) in [5, 5.41) is 19.1. The van der Waals surface area contributed by atoms with Gasteiger partial charge in [-0.15, -0.1) is 0 Å². The van der Waals surface area contributed by atoms with Gasteiger partial charge in [-0.1, -0.05) is 0 Å². The Morgan fingerprint density at radius 3 is 2.38 bits per heavy atom. The maximum atomic E-state index is 12.7. The molecule has 1 aliphatic heterocycles. The Hall–Kier alpha value is -2.34. The van der Waals surface area contributed by atoms with E-state index >= 15 is 0 Å². The molecule has 29 heavy (non-hydrogen) atoms. The highest BCUT2D eigenvalue weighted by molar-refractivity contribution is 7.98. The topological polar surface area (TPSA) is 180 Å². The van der Waals surface area contributed by atoms with Crippen molar-refractivity contribution in [1.29, 1.82) is 0 Å². The maximum absolute atomic E-state index is 12.7. The van der Waals surface area contributed by atoms with Crippen LogP contribution in [-0.2, 0) is 24.0 Å². The second-order valence-corrected chi connectivity index (χ2v) is 7.65. The first-order valence-electron chi connectivity index (χ1n) is 9.35. The van der Waals surface area contributed by atoms with Gasteiger partial charge >= 0.3 is 5.97 Å². The number of primary amides is 1. The molecule has 1 aliphatic rings. The number of carboxylic acids is 1. The summed E-state index contributed by atoms with van der Waals surface area (Å²) >= 11 is 1.46. The van der Waals surface area contributed by atoms with Gasteiger partial charge < -0.3 is 32.1 Å². The van der Waals surface area contributed by atoms with Crippen LogP contribution in [0.4, 0.5) is 0 Å². The lowest BCUT2D eigenvalue weighted by atomic mass is 10.1. The average Bonchev–Trinajstić information content (AvgIpc) is 3.20. The van der Waals surface area contributed by atoms with E-state index < -0.39 is 48.4 Å². The Morgan fingerprint density at radius 1 is 1.14 bits per heavy atom. The lowest BCUT2D eigenvalue weighted by molar-refractivity contribution is -0.138. The molecule has 0 spiro atoms. The molecular formula is C17H29N5O6S. The van der Waals surface area contributed by atoms with Crippen LogP contribution in [0.2, 0.25) is 0 Å². The zero-order chi connectivity index (χ0) is 21.8. The lowest BCUT2D eigenvalue weighted by Crippen LogP contribution is -2.56. The lowest BCUT2D eigenvalue weighted by Gasteiger charge is -2.23. The number of hydrogen-bond acceptors (Lipinski definition) is 7. The van der Waals surface area contributed by atoms with Gasteiger partial charge in [-0.25, -0.2) is 0 Å². The van der Waals surface area contributed by atoms with Crippen LogP contribution in [0.25, 0.3) is 0 Å². The third-order valence-corrected chi connectivity index (χ3v) is 4.99. The molecule has 12 heteroatoms. The summed E-state index contributed by atoms with van der Waals surface area (Å²) in [5.41, 5.74) is 5.16. The van der Waals surface area contributed by atoms with Gasteiger partial charge in [-0.05, 0) is 44.2 Å². The van der Waals surface area contributed by atoms with Crippen LogP contribution in [0, 0.1) is 0 Å². The summed E-state index contributed by atoms with van der Waals surface area (Å²) in [6.07, 6.45) is 3.47. The van der Waals surface area contributed by atoms with Crippen LogP contribution in [0.3, 0.4) is 0 Å². The molecule has 1 saturated heterocycles. The third-order valence-electron chi connectivity index (χ3n) is 4.35. The molecule has 1 rings (SSSR count). The van der Waals surface area contributed by atoms with Crippen molar-refractivity contribution in [3.05, 3.63) is 0 Å². The average molecular weight is 432 g/mol. The Balaban J connectivity index is 2.79. The van der Waals surface area contributed by atoms with E-state index in [1.54, 1.807) is 0 Å². The molecule has 0 aromatic rings. The fraction of sp³-hybridized carbons (Fsp3) is 0.706. The first-order chi connectivity index (χ1) is 13.7. The largest absolute Gasteiger partial charge is 0.480 e. The van der Waals surface area contributed by atoms with E-state index in [2.05, 4.69) is 21.3 Å². The molecule has 0 radical (unpaired) electrons. The number of aliphatic carboxylic acids is 1. The summed E-state index contributed by atoms with van der Waals surface area (Å²) in [4.78, 5) is 59.1. The molecule has 3 unspecified atom stereocenters. The van der Waals surface area contributed by atoms with Crippen LogP contribution < -0.4 is 27.0 Å². The van der Waals surface area contributed by atoms with Crippen molar-refractivity contribution in [2.45, 2.75) is 50.2 Å². The van der Waals surface area contributed by atoms with Gasteiger partial charge in [0.2, 0.25) is 23.6 Å². The Kier molecular flexibility index (Phi) is 11.1. The van der Waals surface area contributed by atoms with E-state index in [9.17, 15) is 24.0 Å². The van der Waals surface area contributed by atoms with Crippen LogP contribution in [0.15, 0.2) is 0 Å². The van der Waals surface area contributed by atoms with Crippen LogP contribution in [-0.4, -0.2) is 77.9 Å². The first-order valence-corrected chi connectivity index (χ1v) is 10.7. The molecular weight excluding hydrogens is 402 g/mol. The van der Waals surface area contributed by atoms with E-state index in [1.807, 2.05) is 6.26 Å². The molecule has 4 amide bonds. The van der Waals surface area contributed by atoms with Gasteiger partial charge in [-0.2, -0.15) is 11.8 Å². The van der Waals surface area contributed by atoms with Crippen molar-refractivity contribution in [3.63, 3.8) is 0 Å². The molecule has 0 bridgehead atoms. The smallest absolute Gasteiger partial charge is 0.322 e.